The molecule has 0 saturated carbocycles. The Morgan fingerprint density at radius 3 is 2.17 bits per heavy atom. The summed E-state index contributed by atoms with van der Waals surface area (Å²) in [7, 11) is 1.59. The molecule has 0 spiro atoms. The smallest absolute Gasteiger partial charge is 0.261 e. The van der Waals surface area contributed by atoms with Crippen LogP contribution < -0.4 is 14.8 Å². The number of ether oxygens (including phenoxy) is 2. The van der Waals surface area contributed by atoms with Crippen molar-refractivity contribution in [2.24, 2.45) is 0 Å². The van der Waals surface area contributed by atoms with E-state index in [1.807, 2.05) is 51.1 Å². The molecule has 0 heterocycles. The van der Waals surface area contributed by atoms with Crippen LogP contribution in [0.25, 0.3) is 0 Å². The number of hydrogen-bond donors (Lipinski definition) is 1. The van der Waals surface area contributed by atoms with Crippen LogP contribution in [0.4, 0.5) is 0 Å². The van der Waals surface area contributed by atoms with Gasteiger partial charge in [0.05, 0.1) is 7.11 Å². The van der Waals surface area contributed by atoms with Gasteiger partial charge in [0.25, 0.3) is 5.91 Å². The van der Waals surface area contributed by atoms with E-state index in [4.69, 9.17) is 9.47 Å². The van der Waals surface area contributed by atoms with Crippen molar-refractivity contribution in [2.75, 3.05) is 20.3 Å². The average Bonchev–Trinajstić information content (AvgIpc) is 2.72. The first-order valence-electron chi connectivity index (χ1n) is 10.1. The zero-order valence-corrected chi connectivity index (χ0v) is 18.5. The zero-order valence-electron chi connectivity index (χ0n) is 18.5. The molecule has 0 bridgehead atoms. The standard InChI is InChI=1S/C24H32N2O4/c1-18(23(28)25-24(2,3)4)26(16-15-19-9-7-6-8-10-19)22(27)17-30-21-13-11-20(29-5)12-14-21/h6-14,18H,15-17H2,1-5H3,(H,25,28). The number of hydrogen-bond acceptors (Lipinski definition) is 4. The molecular weight excluding hydrogens is 380 g/mol. The van der Waals surface area contributed by atoms with Crippen LogP contribution in [0, 0.1) is 0 Å². The van der Waals surface area contributed by atoms with E-state index in [-0.39, 0.29) is 24.0 Å². The van der Waals surface area contributed by atoms with Gasteiger partial charge >= 0.3 is 0 Å². The Hall–Kier alpha value is -3.02. The second-order valence-electron chi connectivity index (χ2n) is 8.20. The van der Waals surface area contributed by atoms with Crippen molar-refractivity contribution in [3.63, 3.8) is 0 Å². The van der Waals surface area contributed by atoms with E-state index in [2.05, 4.69) is 5.32 Å². The van der Waals surface area contributed by atoms with E-state index in [1.54, 1.807) is 43.2 Å². The summed E-state index contributed by atoms with van der Waals surface area (Å²) in [5.41, 5.74) is 0.730. The van der Waals surface area contributed by atoms with Crippen molar-refractivity contribution in [2.45, 2.75) is 45.7 Å². The van der Waals surface area contributed by atoms with Gasteiger partial charge in [-0.05, 0) is 63.9 Å². The van der Waals surface area contributed by atoms with Gasteiger partial charge in [0.2, 0.25) is 5.91 Å². The molecule has 1 unspecified atom stereocenters. The van der Waals surface area contributed by atoms with Crippen molar-refractivity contribution in [1.29, 1.82) is 0 Å². The normalized spacial score (nSPS) is 12.0. The monoisotopic (exact) mass is 412 g/mol. The van der Waals surface area contributed by atoms with Crippen LogP contribution in [0.5, 0.6) is 11.5 Å². The highest BCUT2D eigenvalue weighted by Crippen LogP contribution is 2.17. The Balaban J connectivity index is 2.07. The van der Waals surface area contributed by atoms with E-state index in [0.717, 1.165) is 5.56 Å². The highest BCUT2D eigenvalue weighted by atomic mass is 16.5. The molecule has 2 amide bonds. The van der Waals surface area contributed by atoms with Gasteiger partial charge in [-0.1, -0.05) is 30.3 Å². The lowest BCUT2D eigenvalue weighted by atomic mass is 10.1. The molecule has 0 radical (unpaired) electrons. The van der Waals surface area contributed by atoms with Crippen molar-refractivity contribution >= 4 is 11.8 Å². The summed E-state index contributed by atoms with van der Waals surface area (Å²) in [5.74, 6) is 0.858. The van der Waals surface area contributed by atoms with Gasteiger partial charge in [-0.3, -0.25) is 9.59 Å². The van der Waals surface area contributed by atoms with Crippen LogP contribution in [0.3, 0.4) is 0 Å². The van der Waals surface area contributed by atoms with E-state index < -0.39 is 6.04 Å². The minimum atomic E-state index is -0.611. The molecule has 0 aromatic heterocycles. The molecule has 2 rings (SSSR count). The van der Waals surface area contributed by atoms with E-state index in [0.29, 0.717) is 24.5 Å². The minimum Gasteiger partial charge on any atom is -0.497 e. The first-order valence-corrected chi connectivity index (χ1v) is 10.1. The summed E-state index contributed by atoms with van der Waals surface area (Å²) in [4.78, 5) is 27.3. The van der Waals surface area contributed by atoms with Crippen molar-refractivity contribution in [3.05, 3.63) is 60.2 Å². The van der Waals surface area contributed by atoms with Gasteiger partial charge in [-0.2, -0.15) is 0 Å². The molecular formula is C24H32N2O4. The van der Waals surface area contributed by atoms with Crippen molar-refractivity contribution in [1.82, 2.24) is 10.2 Å². The second-order valence-corrected chi connectivity index (χ2v) is 8.20. The van der Waals surface area contributed by atoms with Gasteiger partial charge < -0.3 is 19.7 Å². The molecule has 2 aromatic carbocycles. The number of benzene rings is 2. The van der Waals surface area contributed by atoms with Crippen LogP contribution >= 0.6 is 0 Å². The average molecular weight is 413 g/mol. The number of nitrogens with one attached hydrogen (secondary N) is 1. The maximum atomic E-state index is 13.0. The summed E-state index contributed by atoms with van der Waals surface area (Å²) < 4.78 is 10.8. The zero-order chi connectivity index (χ0) is 22.1. The third-order valence-corrected chi connectivity index (χ3v) is 4.57. The Morgan fingerprint density at radius 1 is 1.00 bits per heavy atom. The number of nitrogens with zero attached hydrogens (tertiary/aromatic N) is 1. The summed E-state index contributed by atoms with van der Waals surface area (Å²) in [6.45, 7) is 7.78. The van der Waals surface area contributed by atoms with Gasteiger partial charge in [-0.25, -0.2) is 0 Å². The molecule has 0 aliphatic rings. The number of carbonyl (C=O) groups excluding carboxylic acids is 2. The van der Waals surface area contributed by atoms with Crippen LogP contribution in [0.1, 0.15) is 33.3 Å². The Labute approximate surface area is 179 Å². The lowest BCUT2D eigenvalue weighted by Gasteiger charge is -2.31. The van der Waals surface area contributed by atoms with E-state index >= 15 is 0 Å². The van der Waals surface area contributed by atoms with E-state index in [1.165, 1.54) is 0 Å². The molecule has 6 heteroatoms. The molecule has 2 aromatic rings. The fourth-order valence-corrected chi connectivity index (χ4v) is 2.94. The van der Waals surface area contributed by atoms with Gasteiger partial charge in [0.15, 0.2) is 6.61 Å². The summed E-state index contributed by atoms with van der Waals surface area (Å²) >= 11 is 0. The van der Waals surface area contributed by atoms with Crippen molar-refractivity contribution < 1.29 is 19.1 Å². The Morgan fingerprint density at radius 2 is 1.60 bits per heavy atom. The number of rotatable bonds is 9. The topological polar surface area (TPSA) is 67.9 Å². The predicted molar refractivity (Wildman–Crippen MR) is 118 cm³/mol. The third-order valence-electron chi connectivity index (χ3n) is 4.57. The SMILES string of the molecule is COc1ccc(OCC(=O)N(CCc2ccccc2)C(C)C(=O)NC(C)(C)C)cc1. The summed E-state index contributed by atoms with van der Waals surface area (Å²) in [6, 6.07) is 16.3. The molecule has 0 aliphatic carbocycles. The molecule has 0 fully saturated rings. The highest BCUT2D eigenvalue weighted by Gasteiger charge is 2.28. The summed E-state index contributed by atoms with van der Waals surface area (Å²) in [5, 5.41) is 2.95. The molecule has 0 saturated heterocycles. The fourth-order valence-electron chi connectivity index (χ4n) is 2.94. The van der Waals surface area contributed by atoms with Gasteiger partial charge in [-0.15, -0.1) is 0 Å². The molecule has 0 aliphatic heterocycles. The van der Waals surface area contributed by atoms with Crippen LogP contribution in [0.2, 0.25) is 0 Å². The highest BCUT2D eigenvalue weighted by molar-refractivity contribution is 5.88. The summed E-state index contributed by atoms with van der Waals surface area (Å²) in [6.07, 6.45) is 0.655. The Bertz CT molecular complexity index is 813. The lowest BCUT2D eigenvalue weighted by Crippen LogP contribution is -2.53. The second kappa shape index (κ2) is 10.7. The van der Waals surface area contributed by atoms with Gasteiger partial charge in [0.1, 0.15) is 17.5 Å². The number of methoxy groups -OCH3 is 1. The maximum absolute atomic E-state index is 13.0. The lowest BCUT2D eigenvalue weighted by molar-refractivity contribution is -0.142. The third kappa shape index (κ3) is 7.43. The van der Waals surface area contributed by atoms with Crippen LogP contribution in [0.15, 0.2) is 54.6 Å². The molecule has 1 atom stereocenters. The first kappa shape index (κ1) is 23.3. The van der Waals surface area contributed by atoms with Crippen molar-refractivity contribution in [3.8, 4) is 11.5 Å². The largest absolute Gasteiger partial charge is 0.497 e. The molecule has 6 nitrogen and oxygen atoms in total. The predicted octanol–water partition coefficient (Wildman–Crippen LogP) is 3.45. The fraction of sp³-hybridized carbons (Fsp3) is 0.417. The van der Waals surface area contributed by atoms with Gasteiger partial charge in [0, 0.05) is 12.1 Å². The van der Waals surface area contributed by atoms with Crippen LogP contribution in [-0.2, 0) is 16.0 Å². The number of carbonyl (C=O) groups is 2. The maximum Gasteiger partial charge on any atom is 0.261 e. The molecule has 30 heavy (non-hydrogen) atoms. The van der Waals surface area contributed by atoms with E-state index in [9.17, 15) is 9.59 Å². The first-order chi connectivity index (χ1) is 14.2. The molecule has 1 N–H and O–H groups in total. The number of amides is 2. The molecule has 162 valence electrons. The Kier molecular flexibility index (Phi) is 8.27. The minimum absolute atomic E-state index is 0.145. The quantitative estimate of drug-likeness (QED) is 0.685. The van der Waals surface area contributed by atoms with Crippen LogP contribution in [-0.4, -0.2) is 48.6 Å².